The number of rotatable bonds is 3. The van der Waals surface area contributed by atoms with E-state index in [4.69, 9.17) is 4.74 Å². The minimum atomic E-state index is -0.423. The summed E-state index contributed by atoms with van der Waals surface area (Å²) in [6.07, 6.45) is 0. The molecular weight excluding hydrogens is 383 g/mol. The Hall–Kier alpha value is -2.01. The smallest absolute Gasteiger partial charge is 0.266 e. The van der Waals surface area contributed by atoms with Crippen molar-refractivity contribution in [1.29, 1.82) is 5.26 Å². The summed E-state index contributed by atoms with van der Waals surface area (Å²) >= 11 is 1.98. The van der Waals surface area contributed by atoms with Crippen LogP contribution < -0.4 is 10.3 Å². The Morgan fingerprint density at radius 2 is 2.14 bits per heavy atom. The number of aromatic amines is 1. The molecule has 0 aliphatic carbocycles. The van der Waals surface area contributed by atoms with Gasteiger partial charge in [-0.25, -0.2) is 0 Å². The maximum absolute atomic E-state index is 11.9. The molecule has 6 heteroatoms. The normalized spacial score (nSPS) is 10.2. The van der Waals surface area contributed by atoms with E-state index in [2.05, 4.69) is 4.98 Å². The first-order valence-corrected chi connectivity index (χ1v) is 7.35. The summed E-state index contributed by atoms with van der Waals surface area (Å²) in [5.41, 5.74) is 1.47. The van der Waals surface area contributed by atoms with Crippen LogP contribution in [0.1, 0.15) is 18.2 Å². The fraction of sp³-hybridized carbons (Fsp3) is 0.200. The lowest BCUT2D eigenvalue weighted by Gasteiger charge is -2.11. The molecule has 1 aromatic heterocycles. The average molecular weight is 396 g/mol. The Morgan fingerprint density at radius 3 is 2.76 bits per heavy atom. The van der Waals surface area contributed by atoms with Crippen LogP contribution in [0.3, 0.4) is 0 Å². The highest BCUT2D eigenvalue weighted by Crippen LogP contribution is 2.37. The van der Waals surface area contributed by atoms with Crippen molar-refractivity contribution in [2.24, 2.45) is 0 Å². The lowest BCUT2D eigenvalue weighted by Crippen LogP contribution is -2.12. The molecule has 0 unspecified atom stereocenters. The number of halogens is 1. The third-order valence-electron chi connectivity index (χ3n) is 2.92. The molecule has 0 saturated heterocycles. The van der Waals surface area contributed by atoms with E-state index in [1.54, 1.807) is 25.1 Å². The number of nitriles is 1. The van der Waals surface area contributed by atoms with Gasteiger partial charge in [0.25, 0.3) is 5.56 Å². The standard InChI is InChI=1S/C15H13IN2O3/c1-3-21-13-6-9(5-12(16)14(13)19)10-4-8(2)18-15(20)11(10)7-17/h4-6,19H,3H2,1-2H3,(H,18,20). The van der Waals surface area contributed by atoms with E-state index >= 15 is 0 Å². The molecule has 0 bridgehead atoms. The topological polar surface area (TPSA) is 86.1 Å². The van der Waals surface area contributed by atoms with Gasteiger partial charge in [-0.05, 0) is 60.2 Å². The van der Waals surface area contributed by atoms with E-state index in [9.17, 15) is 15.2 Å². The molecule has 2 rings (SSSR count). The number of pyridine rings is 1. The Bertz CT molecular complexity index is 791. The zero-order valence-electron chi connectivity index (χ0n) is 11.5. The van der Waals surface area contributed by atoms with Crippen LogP contribution in [0.15, 0.2) is 23.0 Å². The fourth-order valence-electron chi connectivity index (χ4n) is 2.02. The van der Waals surface area contributed by atoms with Gasteiger partial charge in [0, 0.05) is 11.3 Å². The summed E-state index contributed by atoms with van der Waals surface area (Å²) in [6, 6.07) is 7.01. The van der Waals surface area contributed by atoms with Crippen molar-refractivity contribution in [2.45, 2.75) is 13.8 Å². The molecule has 21 heavy (non-hydrogen) atoms. The van der Waals surface area contributed by atoms with Gasteiger partial charge in [-0.1, -0.05) is 0 Å². The SMILES string of the molecule is CCOc1cc(-c2cc(C)[nH]c(=O)c2C#N)cc(I)c1O. The van der Waals surface area contributed by atoms with E-state index < -0.39 is 5.56 Å². The summed E-state index contributed by atoms with van der Waals surface area (Å²) in [5, 5.41) is 19.2. The van der Waals surface area contributed by atoms with Crippen LogP contribution >= 0.6 is 22.6 Å². The second-order valence-electron chi connectivity index (χ2n) is 4.42. The number of benzene rings is 1. The zero-order valence-corrected chi connectivity index (χ0v) is 13.7. The van der Waals surface area contributed by atoms with Crippen molar-refractivity contribution >= 4 is 22.6 Å². The van der Waals surface area contributed by atoms with Gasteiger partial charge in [-0.3, -0.25) is 4.79 Å². The molecule has 2 N–H and O–H groups in total. The number of hydrogen-bond acceptors (Lipinski definition) is 4. The summed E-state index contributed by atoms with van der Waals surface area (Å²) in [5.74, 6) is 0.391. The predicted molar refractivity (Wildman–Crippen MR) is 87.5 cm³/mol. The molecule has 108 valence electrons. The Morgan fingerprint density at radius 1 is 1.43 bits per heavy atom. The van der Waals surface area contributed by atoms with Gasteiger partial charge in [0.1, 0.15) is 11.6 Å². The van der Waals surface area contributed by atoms with Crippen molar-refractivity contribution in [3.05, 3.63) is 43.4 Å². The average Bonchev–Trinajstić information content (AvgIpc) is 2.43. The van der Waals surface area contributed by atoms with Gasteiger partial charge < -0.3 is 14.8 Å². The largest absolute Gasteiger partial charge is 0.504 e. The molecule has 0 aliphatic heterocycles. The van der Waals surface area contributed by atoms with Crippen LogP contribution in [0.25, 0.3) is 11.1 Å². The molecular formula is C15H13IN2O3. The van der Waals surface area contributed by atoms with Gasteiger partial charge >= 0.3 is 0 Å². The van der Waals surface area contributed by atoms with Crippen LogP contribution in [0.2, 0.25) is 0 Å². The van der Waals surface area contributed by atoms with Gasteiger partial charge in [-0.15, -0.1) is 0 Å². The molecule has 0 radical (unpaired) electrons. The number of nitrogens with zero attached hydrogens (tertiary/aromatic N) is 1. The van der Waals surface area contributed by atoms with Gasteiger partial charge in [0.15, 0.2) is 11.5 Å². The van der Waals surface area contributed by atoms with Crippen LogP contribution in [0.5, 0.6) is 11.5 Å². The van der Waals surface area contributed by atoms with Crippen molar-refractivity contribution in [3.8, 4) is 28.7 Å². The molecule has 5 nitrogen and oxygen atoms in total. The van der Waals surface area contributed by atoms with Gasteiger partial charge in [0.2, 0.25) is 0 Å². The Balaban J connectivity index is 2.74. The molecule has 0 atom stereocenters. The number of nitrogens with one attached hydrogen (secondary N) is 1. The van der Waals surface area contributed by atoms with Crippen LogP contribution in [0, 0.1) is 21.8 Å². The molecule has 1 heterocycles. The third kappa shape index (κ3) is 3.03. The van der Waals surface area contributed by atoms with Crippen molar-refractivity contribution in [3.63, 3.8) is 0 Å². The highest BCUT2D eigenvalue weighted by atomic mass is 127. The first kappa shape index (κ1) is 15.4. The molecule has 2 aromatic rings. The van der Waals surface area contributed by atoms with Crippen molar-refractivity contribution in [2.75, 3.05) is 6.61 Å². The monoisotopic (exact) mass is 396 g/mol. The third-order valence-corrected chi connectivity index (χ3v) is 3.74. The first-order valence-electron chi connectivity index (χ1n) is 6.27. The fourth-order valence-corrected chi connectivity index (χ4v) is 2.62. The zero-order chi connectivity index (χ0) is 15.6. The summed E-state index contributed by atoms with van der Waals surface area (Å²) in [6.45, 7) is 3.98. The maximum Gasteiger partial charge on any atom is 0.266 e. The maximum atomic E-state index is 11.9. The van der Waals surface area contributed by atoms with E-state index in [0.29, 0.717) is 32.7 Å². The summed E-state index contributed by atoms with van der Waals surface area (Å²) in [4.78, 5) is 14.5. The predicted octanol–water partition coefficient (Wildman–Crippen LogP) is 2.93. The molecule has 0 spiro atoms. The highest BCUT2D eigenvalue weighted by molar-refractivity contribution is 14.1. The Labute approximate surface area is 135 Å². The van der Waals surface area contributed by atoms with E-state index in [0.717, 1.165) is 0 Å². The summed E-state index contributed by atoms with van der Waals surface area (Å²) in [7, 11) is 0. The van der Waals surface area contributed by atoms with Crippen molar-refractivity contribution < 1.29 is 9.84 Å². The number of ether oxygens (including phenoxy) is 1. The number of phenolic OH excluding ortho intramolecular Hbond substituents is 1. The molecule has 0 amide bonds. The van der Waals surface area contributed by atoms with Crippen molar-refractivity contribution in [1.82, 2.24) is 4.98 Å². The molecule has 1 aromatic carbocycles. The van der Waals surface area contributed by atoms with Crippen LogP contribution in [-0.2, 0) is 0 Å². The quantitative estimate of drug-likeness (QED) is 0.782. The number of aromatic hydroxyl groups is 1. The second-order valence-corrected chi connectivity index (χ2v) is 5.58. The highest BCUT2D eigenvalue weighted by Gasteiger charge is 2.15. The molecule has 0 aliphatic rings. The lowest BCUT2D eigenvalue weighted by molar-refractivity contribution is 0.317. The van der Waals surface area contributed by atoms with Gasteiger partial charge in [0.05, 0.1) is 10.2 Å². The summed E-state index contributed by atoms with van der Waals surface area (Å²) < 4.78 is 5.98. The van der Waals surface area contributed by atoms with Crippen LogP contribution in [0.4, 0.5) is 0 Å². The number of aromatic nitrogens is 1. The van der Waals surface area contributed by atoms with Gasteiger partial charge in [-0.2, -0.15) is 5.26 Å². The van der Waals surface area contributed by atoms with E-state index in [-0.39, 0.29) is 11.3 Å². The molecule has 0 fully saturated rings. The number of hydrogen-bond donors (Lipinski definition) is 2. The van der Waals surface area contributed by atoms with Crippen LogP contribution in [-0.4, -0.2) is 16.7 Å². The van der Waals surface area contributed by atoms with E-state index in [1.807, 2.05) is 35.6 Å². The minimum Gasteiger partial charge on any atom is -0.504 e. The first-order chi connectivity index (χ1) is 9.97. The molecule has 0 saturated carbocycles. The minimum absolute atomic E-state index is 0.0459. The second kappa shape index (κ2) is 6.18. The number of H-pyrrole nitrogens is 1. The van der Waals surface area contributed by atoms with E-state index in [1.165, 1.54) is 0 Å². The Kier molecular flexibility index (Phi) is 4.53. The number of phenols is 1. The number of aryl methyl sites for hydroxylation is 1. The lowest BCUT2D eigenvalue weighted by atomic mass is 10.0.